The van der Waals surface area contributed by atoms with E-state index in [9.17, 15) is 4.79 Å². The highest BCUT2D eigenvalue weighted by molar-refractivity contribution is 5.84. The van der Waals surface area contributed by atoms with Gasteiger partial charge in [0.05, 0.1) is 5.69 Å². The Labute approximate surface area is 129 Å². The predicted molar refractivity (Wildman–Crippen MR) is 86.3 cm³/mol. The van der Waals surface area contributed by atoms with Crippen molar-refractivity contribution in [1.82, 2.24) is 15.0 Å². The second-order valence-corrected chi connectivity index (χ2v) is 5.20. The minimum absolute atomic E-state index is 0.358. The largest absolute Gasteiger partial charge is 0.296 e. The quantitative estimate of drug-likeness (QED) is 0.690. The molecule has 0 fully saturated rings. The number of aldehydes is 1. The molecule has 0 radical (unpaired) electrons. The highest BCUT2D eigenvalue weighted by Gasteiger charge is 2.17. The van der Waals surface area contributed by atoms with Gasteiger partial charge in [-0.3, -0.25) is 4.79 Å². The number of carbonyl (C=O) groups excluding carboxylic acids is 1. The van der Waals surface area contributed by atoms with Crippen LogP contribution in [0.25, 0.3) is 16.9 Å². The Morgan fingerprint density at radius 1 is 1.14 bits per heavy atom. The van der Waals surface area contributed by atoms with E-state index in [-0.39, 0.29) is 0 Å². The molecule has 2 aromatic carbocycles. The van der Waals surface area contributed by atoms with Crippen LogP contribution in [-0.4, -0.2) is 21.3 Å². The highest BCUT2D eigenvalue weighted by Crippen LogP contribution is 2.26. The van der Waals surface area contributed by atoms with Crippen molar-refractivity contribution < 1.29 is 4.79 Å². The van der Waals surface area contributed by atoms with Crippen LogP contribution in [0.2, 0.25) is 0 Å². The predicted octanol–water partition coefficient (Wildman–Crippen LogP) is 3.62. The summed E-state index contributed by atoms with van der Waals surface area (Å²) < 4.78 is 1.76. The zero-order chi connectivity index (χ0) is 15.5. The molecule has 0 saturated carbocycles. The van der Waals surface area contributed by atoms with Crippen molar-refractivity contribution in [3.63, 3.8) is 0 Å². The molecule has 22 heavy (non-hydrogen) atoms. The first-order chi connectivity index (χ1) is 10.7. The van der Waals surface area contributed by atoms with Crippen molar-refractivity contribution in [3.05, 3.63) is 65.4 Å². The number of nitrogens with zero attached hydrogens (tertiary/aromatic N) is 3. The van der Waals surface area contributed by atoms with Gasteiger partial charge >= 0.3 is 0 Å². The van der Waals surface area contributed by atoms with E-state index in [0.717, 1.165) is 35.2 Å². The summed E-state index contributed by atoms with van der Waals surface area (Å²) in [5.74, 6) is 0. The molecule has 0 N–H and O–H groups in total. The van der Waals surface area contributed by atoms with Crippen LogP contribution < -0.4 is 0 Å². The Hall–Kier alpha value is -2.75. The van der Waals surface area contributed by atoms with E-state index >= 15 is 0 Å². The summed E-state index contributed by atoms with van der Waals surface area (Å²) in [5, 5.41) is 8.24. The molecule has 0 bridgehead atoms. The van der Waals surface area contributed by atoms with Crippen LogP contribution in [0.1, 0.15) is 28.5 Å². The summed E-state index contributed by atoms with van der Waals surface area (Å²) in [4.78, 5) is 11.4. The van der Waals surface area contributed by atoms with Crippen molar-refractivity contribution in [2.75, 3.05) is 0 Å². The number of para-hydroxylation sites is 1. The fourth-order valence-electron chi connectivity index (χ4n) is 2.62. The Bertz CT molecular complexity index is 821. The van der Waals surface area contributed by atoms with Gasteiger partial charge in [0.15, 0.2) is 12.0 Å². The fraction of sp³-hybridized carbons (Fsp3) is 0.167. The number of carbonyl (C=O) groups is 1. The maximum Gasteiger partial charge on any atom is 0.172 e. The standard InChI is InChI=1S/C18H17N3O/c1-3-14-8-4-5-10-17(14)21-18(16(12-22)19-20-21)15-9-6-7-13(2)11-15/h4-12H,3H2,1-2H3. The molecule has 0 aliphatic heterocycles. The Morgan fingerprint density at radius 2 is 1.95 bits per heavy atom. The van der Waals surface area contributed by atoms with Crippen molar-refractivity contribution in [1.29, 1.82) is 0 Å². The van der Waals surface area contributed by atoms with Crippen LogP contribution in [0.5, 0.6) is 0 Å². The molecule has 3 aromatic rings. The third-order valence-electron chi connectivity index (χ3n) is 3.70. The summed E-state index contributed by atoms with van der Waals surface area (Å²) >= 11 is 0. The van der Waals surface area contributed by atoms with E-state index in [0.29, 0.717) is 5.69 Å². The number of rotatable bonds is 4. The first-order valence-corrected chi connectivity index (χ1v) is 7.30. The molecule has 1 heterocycles. The molecule has 0 unspecified atom stereocenters. The Kier molecular flexibility index (Phi) is 3.83. The minimum atomic E-state index is 0.358. The molecule has 1 aromatic heterocycles. The molecule has 0 aliphatic rings. The third kappa shape index (κ3) is 2.44. The van der Waals surface area contributed by atoms with E-state index < -0.39 is 0 Å². The van der Waals surface area contributed by atoms with Gasteiger partial charge in [-0.1, -0.05) is 54.1 Å². The number of aryl methyl sites for hydroxylation is 2. The number of hydrogen-bond acceptors (Lipinski definition) is 3. The summed E-state index contributed by atoms with van der Waals surface area (Å²) in [6.45, 7) is 4.13. The van der Waals surface area contributed by atoms with Crippen LogP contribution in [0, 0.1) is 6.92 Å². The van der Waals surface area contributed by atoms with Gasteiger partial charge in [0.25, 0.3) is 0 Å². The SMILES string of the molecule is CCc1ccccc1-n1nnc(C=O)c1-c1cccc(C)c1. The molecule has 0 aliphatic carbocycles. The lowest BCUT2D eigenvalue weighted by atomic mass is 10.1. The zero-order valence-corrected chi connectivity index (χ0v) is 12.7. The average molecular weight is 291 g/mol. The topological polar surface area (TPSA) is 47.8 Å². The lowest BCUT2D eigenvalue weighted by Gasteiger charge is -2.11. The summed E-state index contributed by atoms with van der Waals surface area (Å²) in [6, 6.07) is 16.1. The highest BCUT2D eigenvalue weighted by atomic mass is 16.1. The number of benzene rings is 2. The van der Waals surface area contributed by atoms with E-state index in [4.69, 9.17) is 0 Å². The Morgan fingerprint density at radius 3 is 2.68 bits per heavy atom. The van der Waals surface area contributed by atoms with Crippen LogP contribution in [0.15, 0.2) is 48.5 Å². The van der Waals surface area contributed by atoms with Crippen molar-refractivity contribution >= 4 is 6.29 Å². The first kappa shape index (κ1) is 14.2. The third-order valence-corrected chi connectivity index (χ3v) is 3.70. The zero-order valence-electron chi connectivity index (χ0n) is 12.7. The second kappa shape index (κ2) is 5.93. The van der Waals surface area contributed by atoms with E-state index in [2.05, 4.69) is 23.3 Å². The number of aromatic nitrogens is 3. The van der Waals surface area contributed by atoms with Crippen molar-refractivity contribution in [2.45, 2.75) is 20.3 Å². The fourth-order valence-corrected chi connectivity index (χ4v) is 2.62. The van der Waals surface area contributed by atoms with Crippen molar-refractivity contribution in [3.8, 4) is 16.9 Å². The summed E-state index contributed by atoms with van der Waals surface area (Å²) in [7, 11) is 0. The Balaban J connectivity index is 2.26. The van der Waals surface area contributed by atoms with Crippen LogP contribution in [0.4, 0.5) is 0 Å². The van der Waals surface area contributed by atoms with Crippen LogP contribution in [0.3, 0.4) is 0 Å². The van der Waals surface area contributed by atoms with Gasteiger partial charge in [-0.25, -0.2) is 4.68 Å². The maximum absolute atomic E-state index is 11.4. The molecular weight excluding hydrogens is 274 g/mol. The van der Waals surface area contributed by atoms with Crippen LogP contribution in [-0.2, 0) is 6.42 Å². The maximum atomic E-state index is 11.4. The van der Waals surface area contributed by atoms with Gasteiger partial charge in [-0.2, -0.15) is 0 Å². The first-order valence-electron chi connectivity index (χ1n) is 7.30. The molecular formula is C18H17N3O. The lowest BCUT2D eigenvalue weighted by molar-refractivity contribution is 0.111. The molecule has 0 amide bonds. The van der Waals surface area contributed by atoms with E-state index in [1.165, 1.54) is 5.56 Å². The van der Waals surface area contributed by atoms with Gasteiger partial charge in [-0.15, -0.1) is 5.10 Å². The normalized spacial score (nSPS) is 10.6. The van der Waals surface area contributed by atoms with Gasteiger partial charge in [0.2, 0.25) is 0 Å². The molecule has 4 nitrogen and oxygen atoms in total. The summed E-state index contributed by atoms with van der Waals surface area (Å²) in [5.41, 5.74) is 5.29. The molecule has 3 rings (SSSR count). The smallest absolute Gasteiger partial charge is 0.172 e. The van der Waals surface area contributed by atoms with E-state index in [1.807, 2.05) is 49.4 Å². The van der Waals surface area contributed by atoms with Gasteiger partial charge in [0, 0.05) is 5.56 Å². The average Bonchev–Trinajstić information content (AvgIpc) is 2.98. The summed E-state index contributed by atoms with van der Waals surface area (Å²) in [6.07, 6.45) is 1.65. The van der Waals surface area contributed by atoms with Gasteiger partial charge < -0.3 is 0 Å². The van der Waals surface area contributed by atoms with Crippen LogP contribution >= 0.6 is 0 Å². The molecule has 0 atom stereocenters. The molecule has 4 heteroatoms. The second-order valence-electron chi connectivity index (χ2n) is 5.20. The van der Waals surface area contributed by atoms with Gasteiger partial charge in [0.1, 0.15) is 5.69 Å². The van der Waals surface area contributed by atoms with Gasteiger partial charge in [-0.05, 0) is 31.0 Å². The monoisotopic (exact) mass is 291 g/mol. The van der Waals surface area contributed by atoms with Crippen molar-refractivity contribution in [2.24, 2.45) is 0 Å². The molecule has 0 spiro atoms. The molecule has 110 valence electrons. The van der Waals surface area contributed by atoms with E-state index in [1.54, 1.807) is 4.68 Å². The lowest BCUT2D eigenvalue weighted by Crippen LogP contribution is -2.03. The number of hydrogen-bond donors (Lipinski definition) is 0. The molecule has 0 saturated heterocycles. The minimum Gasteiger partial charge on any atom is -0.296 e.